The number of rotatable bonds is 8. The van der Waals surface area contributed by atoms with Crippen molar-refractivity contribution in [2.75, 3.05) is 20.2 Å². The molecule has 2 aromatic carbocycles. The number of amides is 2. The Morgan fingerprint density at radius 1 is 1.07 bits per heavy atom. The van der Waals surface area contributed by atoms with Gasteiger partial charge in [0.1, 0.15) is 5.75 Å². The zero-order chi connectivity index (χ0) is 21.3. The lowest BCUT2D eigenvalue weighted by Crippen LogP contribution is -2.45. The SMILES string of the molecule is COc1ccc(C(CC(=O)NC2CCN(Cc3ccccc3)CC2)NC(C)=O)cc1. The van der Waals surface area contributed by atoms with E-state index in [2.05, 4.69) is 39.8 Å². The molecule has 1 aliphatic heterocycles. The van der Waals surface area contributed by atoms with Crippen molar-refractivity contribution in [1.29, 1.82) is 0 Å². The van der Waals surface area contributed by atoms with E-state index in [0.717, 1.165) is 43.8 Å². The maximum absolute atomic E-state index is 12.7. The highest BCUT2D eigenvalue weighted by atomic mass is 16.5. The van der Waals surface area contributed by atoms with Crippen LogP contribution >= 0.6 is 0 Å². The molecule has 1 aliphatic rings. The first-order chi connectivity index (χ1) is 14.5. The lowest BCUT2D eigenvalue weighted by Gasteiger charge is -2.32. The summed E-state index contributed by atoms with van der Waals surface area (Å²) < 4.78 is 5.19. The van der Waals surface area contributed by atoms with E-state index in [1.54, 1.807) is 7.11 Å². The summed E-state index contributed by atoms with van der Waals surface area (Å²) in [4.78, 5) is 26.7. The van der Waals surface area contributed by atoms with Crippen molar-refractivity contribution in [2.45, 2.75) is 44.8 Å². The minimum Gasteiger partial charge on any atom is -0.497 e. The summed E-state index contributed by atoms with van der Waals surface area (Å²) in [6.07, 6.45) is 2.09. The van der Waals surface area contributed by atoms with E-state index >= 15 is 0 Å². The van der Waals surface area contributed by atoms with Crippen LogP contribution in [0.1, 0.15) is 43.4 Å². The molecule has 0 aromatic heterocycles. The standard InChI is InChI=1S/C24H31N3O3/c1-18(28)25-23(20-8-10-22(30-2)11-9-20)16-24(29)26-21-12-14-27(15-13-21)17-19-6-4-3-5-7-19/h3-11,21,23H,12-17H2,1-2H3,(H,25,28)(H,26,29). The van der Waals surface area contributed by atoms with Crippen molar-refractivity contribution in [2.24, 2.45) is 0 Å². The first-order valence-corrected chi connectivity index (χ1v) is 10.5. The molecule has 2 aromatic rings. The van der Waals surface area contributed by atoms with Gasteiger partial charge in [0.2, 0.25) is 11.8 Å². The second kappa shape index (κ2) is 10.8. The van der Waals surface area contributed by atoms with Crippen molar-refractivity contribution >= 4 is 11.8 Å². The molecule has 2 amide bonds. The normalized spacial score (nSPS) is 15.9. The fourth-order valence-corrected chi connectivity index (χ4v) is 3.88. The molecule has 0 radical (unpaired) electrons. The van der Waals surface area contributed by atoms with Crippen molar-refractivity contribution in [3.8, 4) is 5.75 Å². The van der Waals surface area contributed by atoms with Crippen LogP contribution in [0, 0.1) is 0 Å². The van der Waals surface area contributed by atoms with Crippen LogP contribution in [0.15, 0.2) is 54.6 Å². The van der Waals surface area contributed by atoms with E-state index in [0.29, 0.717) is 0 Å². The summed E-state index contributed by atoms with van der Waals surface area (Å²) in [5.74, 6) is 0.552. The Bertz CT molecular complexity index is 815. The van der Waals surface area contributed by atoms with Crippen molar-refractivity contribution < 1.29 is 14.3 Å². The highest BCUT2D eigenvalue weighted by molar-refractivity contribution is 5.79. The summed E-state index contributed by atoms with van der Waals surface area (Å²) in [7, 11) is 1.61. The zero-order valence-corrected chi connectivity index (χ0v) is 17.8. The molecular weight excluding hydrogens is 378 g/mol. The minimum atomic E-state index is -0.355. The molecule has 0 spiro atoms. The van der Waals surface area contributed by atoms with E-state index < -0.39 is 0 Å². The smallest absolute Gasteiger partial charge is 0.222 e. The maximum Gasteiger partial charge on any atom is 0.222 e. The fraction of sp³-hybridized carbons (Fsp3) is 0.417. The quantitative estimate of drug-likeness (QED) is 0.703. The van der Waals surface area contributed by atoms with Crippen LogP contribution in [-0.2, 0) is 16.1 Å². The molecule has 6 heteroatoms. The van der Waals surface area contributed by atoms with Gasteiger partial charge < -0.3 is 15.4 Å². The fourth-order valence-electron chi connectivity index (χ4n) is 3.88. The molecule has 1 unspecified atom stereocenters. The number of benzene rings is 2. The number of methoxy groups -OCH3 is 1. The van der Waals surface area contributed by atoms with E-state index in [-0.39, 0.29) is 30.3 Å². The molecule has 2 N–H and O–H groups in total. The molecule has 1 atom stereocenters. The van der Waals surface area contributed by atoms with Crippen LogP contribution in [0.4, 0.5) is 0 Å². The molecule has 1 saturated heterocycles. The Hall–Kier alpha value is -2.86. The Morgan fingerprint density at radius 2 is 1.73 bits per heavy atom. The number of likely N-dealkylation sites (tertiary alicyclic amines) is 1. The number of hydrogen-bond acceptors (Lipinski definition) is 4. The van der Waals surface area contributed by atoms with Gasteiger partial charge >= 0.3 is 0 Å². The van der Waals surface area contributed by atoms with E-state index in [9.17, 15) is 9.59 Å². The number of carbonyl (C=O) groups excluding carboxylic acids is 2. The molecule has 0 bridgehead atoms. The third-order valence-corrected chi connectivity index (χ3v) is 5.49. The van der Waals surface area contributed by atoms with Crippen LogP contribution in [0.3, 0.4) is 0 Å². The monoisotopic (exact) mass is 409 g/mol. The van der Waals surface area contributed by atoms with Crippen LogP contribution in [-0.4, -0.2) is 43.0 Å². The summed E-state index contributed by atoms with van der Waals surface area (Å²) in [6.45, 7) is 4.35. The van der Waals surface area contributed by atoms with E-state index in [4.69, 9.17) is 4.74 Å². The Labute approximate surface area is 178 Å². The van der Waals surface area contributed by atoms with Crippen LogP contribution in [0.5, 0.6) is 5.75 Å². The van der Waals surface area contributed by atoms with Crippen molar-refractivity contribution in [1.82, 2.24) is 15.5 Å². The molecule has 3 rings (SSSR count). The Kier molecular flexibility index (Phi) is 7.85. The molecule has 0 saturated carbocycles. The number of nitrogens with zero attached hydrogens (tertiary/aromatic N) is 1. The summed E-state index contributed by atoms with van der Waals surface area (Å²) in [5.41, 5.74) is 2.21. The van der Waals surface area contributed by atoms with Gasteiger partial charge in [-0.3, -0.25) is 14.5 Å². The van der Waals surface area contributed by atoms with Crippen LogP contribution in [0.25, 0.3) is 0 Å². The minimum absolute atomic E-state index is 0.0360. The molecule has 6 nitrogen and oxygen atoms in total. The maximum atomic E-state index is 12.7. The number of piperidine rings is 1. The Balaban J connectivity index is 1.49. The van der Waals surface area contributed by atoms with Crippen LogP contribution in [0.2, 0.25) is 0 Å². The van der Waals surface area contributed by atoms with Crippen molar-refractivity contribution in [3.05, 3.63) is 65.7 Å². The van der Waals surface area contributed by atoms with Crippen molar-refractivity contribution in [3.63, 3.8) is 0 Å². The van der Waals surface area contributed by atoms with Gasteiger partial charge in [-0.05, 0) is 36.1 Å². The Morgan fingerprint density at radius 3 is 2.33 bits per heavy atom. The molecule has 160 valence electrons. The second-order valence-corrected chi connectivity index (χ2v) is 7.83. The lowest BCUT2D eigenvalue weighted by molar-refractivity contribution is -0.123. The van der Waals surface area contributed by atoms with Gasteiger partial charge in [-0.25, -0.2) is 0 Å². The highest BCUT2D eigenvalue weighted by Crippen LogP contribution is 2.21. The number of nitrogens with one attached hydrogen (secondary N) is 2. The molecule has 1 heterocycles. The van der Waals surface area contributed by atoms with Gasteiger partial charge in [0.05, 0.1) is 19.6 Å². The lowest BCUT2D eigenvalue weighted by atomic mass is 10.0. The van der Waals surface area contributed by atoms with Gasteiger partial charge in [0.15, 0.2) is 0 Å². The van der Waals surface area contributed by atoms with Gasteiger partial charge in [-0.2, -0.15) is 0 Å². The predicted molar refractivity (Wildman–Crippen MR) is 117 cm³/mol. The average Bonchev–Trinajstić information content (AvgIpc) is 2.75. The topological polar surface area (TPSA) is 70.7 Å². The van der Waals surface area contributed by atoms with Gasteiger partial charge in [0.25, 0.3) is 0 Å². The molecular formula is C24H31N3O3. The zero-order valence-electron chi connectivity index (χ0n) is 17.8. The number of hydrogen-bond donors (Lipinski definition) is 2. The summed E-state index contributed by atoms with van der Waals surface area (Å²) in [5, 5.41) is 6.05. The third kappa shape index (κ3) is 6.59. The highest BCUT2D eigenvalue weighted by Gasteiger charge is 2.23. The number of carbonyl (C=O) groups is 2. The van der Waals surface area contributed by atoms with Gasteiger partial charge in [-0.1, -0.05) is 42.5 Å². The summed E-state index contributed by atoms with van der Waals surface area (Å²) in [6, 6.07) is 17.7. The predicted octanol–water partition coefficient (Wildman–Crippen LogP) is 3.04. The first-order valence-electron chi connectivity index (χ1n) is 10.5. The molecule has 1 fully saturated rings. The van der Waals surface area contributed by atoms with Crippen LogP contribution < -0.4 is 15.4 Å². The number of ether oxygens (including phenoxy) is 1. The van der Waals surface area contributed by atoms with Gasteiger partial charge in [0, 0.05) is 32.6 Å². The average molecular weight is 410 g/mol. The first kappa shape index (κ1) is 21.8. The van der Waals surface area contributed by atoms with Gasteiger partial charge in [-0.15, -0.1) is 0 Å². The third-order valence-electron chi connectivity index (χ3n) is 5.49. The second-order valence-electron chi connectivity index (χ2n) is 7.83. The largest absolute Gasteiger partial charge is 0.497 e. The molecule has 30 heavy (non-hydrogen) atoms. The van der Waals surface area contributed by atoms with E-state index in [1.807, 2.05) is 30.3 Å². The summed E-state index contributed by atoms with van der Waals surface area (Å²) >= 11 is 0. The van der Waals surface area contributed by atoms with E-state index in [1.165, 1.54) is 12.5 Å². The molecule has 0 aliphatic carbocycles.